The first kappa shape index (κ1) is 51.4. The zero-order valence-corrected chi connectivity index (χ0v) is 42.4. The maximum atomic E-state index is 14.0. The molecule has 368 valence electrons. The van der Waals surface area contributed by atoms with Gasteiger partial charge in [0.1, 0.15) is 35.6 Å². The Hall–Kier alpha value is -5.41. The van der Waals surface area contributed by atoms with Crippen molar-refractivity contribution in [2.24, 2.45) is 10.4 Å². The van der Waals surface area contributed by atoms with Gasteiger partial charge in [0.15, 0.2) is 5.82 Å². The van der Waals surface area contributed by atoms with Crippen molar-refractivity contribution in [2.75, 3.05) is 52.7 Å². The molecule has 2 aromatic carbocycles. The monoisotopic (exact) mass is 1000 g/mol. The topological polar surface area (TPSA) is 211 Å². The van der Waals surface area contributed by atoms with E-state index in [1.807, 2.05) is 93.2 Å². The summed E-state index contributed by atoms with van der Waals surface area (Å²) in [6, 6.07) is 12.9. The maximum Gasteiger partial charge on any atom is 0.246 e. The van der Waals surface area contributed by atoms with Crippen LogP contribution in [-0.4, -0.2) is 130 Å². The van der Waals surface area contributed by atoms with Gasteiger partial charge in [-0.05, 0) is 61.9 Å². The van der Waals surface area contributed by atoms with Crippen LogP contribution in [0.5, 0.6) is 0 Å². The molecule has 2 aliphatic heterocycles. The quantitative estimate of drug-likeness (QED) is 0.0706. The predicted octanol–water partition coefficient (Wildman–Crippen LogP) is 5.60. The number of aliphatic imine (C=N–C) groups is 1. The van der Waals surface area contributed by atoms with Gasteiger partial charge in [-0.1, -0.05) is 68.8 Å². The molecule has 0 bridgehead atoms. The van der Waals surface area contributed by atoms with Gasteiger partial charge in [0.2, 0.25) is 23.6 Å². The summed E-state index contributed by atoms with van der Waals surface area (Å²) >= 11 is 9.45. The molecule has 0 spiro atoms. The fraction of sp³-hybridized carbons (Fsp3) is 0.469. The molecule has 17 nitrogen and oxygen atoms in total. The highest BCUT2D eigenvalue weighted by Gasteiger charge is 2.44. The lowest BCUT2D eigenvalue weighted by atomic mass is 9.85. The molecular weight excluding hydrogens is 942 g/mol. The minimum Gasteiger partial charge on any atom is -0.391 e. The fourth-order valence-corrected chi connectivity index (χ4v) is 10.4. The second kappa shape index (κ2) is 23.0. The SMILES string of the molecule is Cc1ncsc1-c1ccc(CNC(=O)[C@@H]2C[C@@H](O)CN2C(=O)[C@@H](NC(=O)COCCOCCOCCNC(=O)C[C@H]2N=C(c3ccc(Cl)cc3)c3c(sc(C)c3C)-n3c(C)nnc32)C(C)(C)C)cc1. The maximum absolute atomic E-state index is 14.0. The van der Waals surface area contributed by atoms with Gasteiger partial charge in [-0.15, -0.1) is 32.9 Å². The number of carbonyl (C=O) groups is 4. The Morgan fingerprint density at radius 2 is 1.57 bits per heavy atom. The van der Waals surface area contributed by atoms with Gasteiger partial charge in [0.05, 0.1) is 67.4 Å². The number of nitrogens with one attached hydrogen (secondary N) is 3. The molecule has 0 radical (unpaired) electrons. The summed E-state index contributed by atoms with van der Waals surface area (Å²) in [7, 11) is 0. The van der Waals surface area contributed by atoms with E-state index in [4.69, 9.17) is 30.8 Å². The molecule has 0 aliphatic carbocycles. The number of halogens is 1. The van der Waals surface area contributed by atoms with Crippen LogP contribution in [0.1, 0.15) is 84.1 Å². The summed E-state index contributed by atoms with van der Waals surface area (Å²) in [6.45, 7) is 14.8. The van der Waals surface area contributed by atoms with Crippen LogP contribution in [-0.2, 0) is 39.9 Å². The first-order valence-electron chi connectivity index (χ1n) is 22.9. The lowest BCUT2D eigenvalue weighted by molar-refractivity contribution is -0.144. The smallest absolute Gasteiger partial charge is 0.246 e. The Morgan fingerprint density at radius 1 is 0.884 bits per heavy atom. The largest absolute Gasteiger partial charge is 0.391 e. The second-order valence-electron chi connectivity index (χ2n) is 18.2. The fourth-order valence-electron chi connectivity index (χ4n) is 8.23. The molecule has 5 aromatic rings. The highest BCUT2D eigenvalue weighted by molar-refractivity contribution is 7.15. The number of aliphatic hydroxyl groups is 1. The van der Waals surface area contributed by atoms with Gasteiger partial charge in [0, 0.05) is 47.1 Å². The van der Waals surface area contributed by atoms with Crippen LogP contribution in [0, 0.1) is 33.1 Å². The molecule has 0 unspecified atom stereocenters. The number of aryl methyl sites for hydroxylation is 3. The first-order valence-corrected chi connectivity index (χ1v) is 25.0. The third-order valence-electron chi connectivity index (χ3n) is 12.0. The van der Waals surface area contributed by atoms with Crippen molar-refractivity contribution in [3.63, 3.8) is 0 Å². The number of benzene rings is 2. The van der Waals surface area contributed by atoms with Crippen LogP contribution in [0.25, 0.3) is 15.4 Å². The highest BCUT2D eigenvalue weighted by atomic mass is 35.5. The van der Waals surface area contributed by atoms with Crippen LogP contribution in [0.4, 0.5) is 0 Å². The highest BCUT2D eigenvalue weighted by Crippen LogP contribution is 2.40. The molecule has 1 saturated heterocycles. The number of aromatic nitrogens is 4. The number of hydrogen-bond donors (Lipinski definition) is 4. The van der Waals surface area contributed by atoms with Crippen molar-refractivity contribution < 1.29 is 38.5 Å². The molecule has 1 fully saturated rings. The third kappa shape index (κ3) is 12.7. The normalized spacial score (nSPS) is 17.1. The molecule has 4 atom stereocenters. The average Bonchev–Trinajstić information content (AvgIpc) is 4.08. The zero-order chi connectivity index (χ0) is 49.4. The van der Waals surface area contributed by atoms with Crippen LogP contribution in [0.15, 0.2) is 59.0 Å². The number of rotatable bonds is 20. The van der Waals surface area contributed by atoms with Crippen molar-refractivity contribution in [2.45, 2.75) is 92.1 Å². The molecule has 4 amide bonds. The molecular formula is C49H60ClN9O8S2. The van der Waals surface area contributed by atoms with Gasteiger partial charge in [-0.25, -0.2) is 4.98 Å². The number of amides is 4. The minimum atomic E-state index is -0.984. The number of nitrogens with zero attached hydrogens (tertiary/aromatic N) is 6. The van der Waals surface area contributed by atoms with E-state index < -0.39 is 41.5 Å². The van der Waals surface area contributed by atoms with Gasteiger partial charge >= 0.3 is 0 Å². The summed E-state index contributed by atoms with van der Waals surface area (Å²) in [6.07, 6.45) is -0.737. The Balaban J connectivity index is 0.797. The number of ether oxygens (including phenoxy) is 3. The predicted molar refractivity (Wildman–Crippen MR) is 265 cm³/mol. The molecule has 69 heavy (non-hydrogen) atoms. The van der Waals surface area contributed by atoms with E-state index >= 15 is 0 Å². The summed E-state index contributed by atoms with van der Waals surface area (Å²) < 4.78 is 18.8. The Kier molecular flexibility index (Phi) is 17.2. The van der Waals surface area contributed by atoms with Gasteiger partial charge < -0.3 is 40.2 Å². The van der Waals surface area contributed by atoms with E-state index in [0.29, 0.717) is 16.7 Å². The minimum absolute atomic E-state index is 0.0281. The van der Waals surface area contributed by atoms with Gasteiger partial charge in [-0.3, -0.25) is 28.7 Å². The molecule has 0 saturated carbocycles. The number of hydrogen-bond acceptors (Lipinski definition) is 14. The summed E-state index contributed by atoms with van der Waals surface area (Å²) in [5.74, 6) is -0.231. The lowest BCUT2D eigenvalue weighted by Gasteiger charge is -2.35. The second-order valence-corrected chi connectivity index (χ2v) is 20.7. The van der Waals surface area contributed by atoms with Gasteiger partial charge in [-0.2, -0.15) is 0 Å². The van der Waals surface area contributed by atoms with Gasteiger partial charge in [0.25, 0.3) is 0 Å². The Morgan fingerprint density at radius 3 is 2.25 bits per heavy atom. The number of fused-ring (bicyclic) bond motifs is 3. The molecule has 5 heterocycles. The van der Waals surface area contributed by atoms with E-state index in [1.54, 1.807) is 22.7 Å². The zero-order valence-electron chi connectivity index (χ0n) is 40.0. The number of thiazole rings is 1. The van der Waals surface area contributed by atoms with Crippen molar-refractivity contribution >= 4 is 63.6 Å². The van der Waals surface area contributed by atoms with E-state index in [1.165, 1.54) is 4.90 Å². The van der Waals surface area contributed by atoms with Crippen LogP contribution >= 0.6 is 34.3 Å². The van der Waals surface area contributed by atoms with Crippen LogP contribution < -0.4 is 16.0 Å². The van der Waals surface area contributed by atoms with Crippen molar-refractivity contribution in [3.05, 3.63) is 104 Å². The number of β-amino-alcohol motifs (C(OH)–C–C–N with tert-alkyl or cyclic N) is 1. The van der Waals surface area contributed by atoms with Crippen LogP contribution in [0.3, 0.4) is 0 Å². The number of carbonyl (C=O) groups excluding carboxylic acids is 4. The summed E-state index contributed by atoms with van der Waals surface area (Å²) in [5, 5.41) is 29.6. The van der Waals surface area contributed by atoms with E-state index in [-0.39, 0.29) is 83.9 Å². The van der Waals surface area contributed by atoms with Crippen molar-refractivity contribution in [1.82, 2.24) is 40.6 Å². The first-order chi connectivity index (χ1) is 33.0. The van der Waals surface area contributed by atoms with E-state index in [9.17, 15) is 24.3 Å². The Labute approximate surface area is 415 Å². The average molecular weight is 1000 g/mol. The molecule has 2 aliphatic rings. The third-order valence-corrected chi connectivity index (χ3v) is 14.4. The molecule has 7 rings (SSSR count). The number of likely N-dealkylation sites (tertiary alicyclic amines) is 1. The van der Waals surface area contributed by atoms with Crippen LogP contribution in [0.2, 0.25) is 5.02 Å². The van der Waals surface area contributed by atoms with E-state index in [0.717, 1.165) is 54.0 Å². The molecule has 20 heteroatoms. The number of thiophene rings is 1. The van der Waals surface area contributed by atoms with E-state index in [2.05, 4.69) is 45.0 Å². The lowest BCUT2D eigenvalue weighted by Crippen LogP contribution is -2.58. The number of aliphatic hydroxyl groups excluding tert-OH is 1. The van der Waals surface area contributed by atoms with Crippen molar-refractivity contribution in [3.8, 4) is 15.4 Å². The Bertz CT molecular complexity index is 2640. The molecule has 4 N–H and O–H groups in total. The standard InChI is InChI=1S/C49H60ClN9O8S2/c1-28-30(3)69-48-41(28)42(33-12-14-35(50)15-13-33)54-37(45-57-56-31(4)59(45)48)23-39(61)51-16-17-65-18-19-66-20-21-67-26-40(62)55-44(49(5,6)7)47(64)58-25-36(60)22-38(58)46(63)52-24-32-8-10-34(11-9-32)43-29(2)53-27-68-43/h8-15,27,36-38,44,60H,16-26H2,1-7H3,(H,51,61)(H,52,63)(H,55,62)/t36-,37-,38+,44-/m1/s1. The summed E-state index contributed by atoms with van der Waals surface area (Å²) in [4.78, 5) is 66.8. The molecule has 3 aromatic heterocycles. The summed E-state index contributed by atoms with van der Waals surface area (Å²) in [5.41, 5.74) is 7.76. The van der Waals surface area contributed by atoms with Crippen molar-refractivity contribution in [1.29, 1.82) is 0 Å².